The number of rotatable bonds is 6. The van der Waals surface area contributed by atoms with Crippen molar-refractivity contribution in [2.24, 2.45) is 5.41 Å². The molecule has 0 bridgehead atoms. The minimum Gasteiger partial charge on any atom is -0.481 e. The number of carboxylic acids is 1. The summed E-state index contributed by atoms with van der Waals surface area (Å²) in [6, 6.07) is 5.83. The number of aliphatic carboxylic acids is 1. The van der Waals surface area contributed by atoms with Crippen molar-refractivity contribution < 1.29 is 19.6 Å². The number of carbonyl (C=O) groups excluding carboxylic acids is 1. The highest BCUT2D eigenvalue weighted by Gasteiger charge is 2.27. The molecule has 0 fully saturated rings. The first-order valence-corrected chi connectivity index (χ1v) is 6.16. The first kappa shape index (κ1) is 16.4. The van der Waals surface area contributed by atoms with Gasteiger partial charge in [-0.05, 0) is 25.5 Å². The van der Waals surface area contributed by atoms with Crippen LogP contribution in [0.25, 0.3) is 6.08 Å². The molecule has 2 N–H and O–H groups in total. The van der Waals surface area contributed by atoms with Crippen molar-refractivity contribution in [2.75, 3.05) is 6.54 Å². The number of nitro groups is 1. The maximum atomic E-state index is 11.6. The molecule has 7 nitrogen and oxygen atoms in total. The topological polar surface area (TPSA) is 110 Å². The molecule has 7 heteroatoms. The van der Waals surface area contributed by atoms with E-state index in [9.17, 15) is 19.7 Å². The number of carbonyl (C=O) groups is 2. The normalized spacial score (nSPS) is 11.3. The summed E-state index contributed by atoms with van der Waals surface area (Å²) >= 11 is 0. The number of hydrogen-bond acceptors (Lipinski definition) is 4. The van der Waals surface area contributed by atoms with Gasteiger partial charge < -0.3 is 10.4 Å². The number of amides is 1. The van der Waals surface area contributed by atoms with Crippen molar-refractivity contribution >= 4 is 23.6 Å². The van der Waals surface area contributed by atoms with E-state index >= 15 is 0 Å². The second kappa shape index (κ2) is 6.65. The van der Waals surface area contributed by atoms with E-state index in [1.54, 1.807) is 6.07 Å². The zero-order valence-electron chi connectivity index (χ0n) is 11.7. The van der Waals surface area contributed by atoms with E-state index in [4.69, 9.17) is 5.11 Å². The molecule has 112 valence electrons. The lowest BCUT2D eigenvalue weighted by atomic mass is 9.94. The van der Waals surface area contributed by atoms with E-state index < -0.39 is 22.2 Å². The molecule has 0 radical (unpaired) electrons. The van der Waals surface area contributed by atoms with Crippen LogP contribution in [0.15, 0.2) is 30.3 Å². The van der Waals surface area contributed by atoms with Gasteiger partial charge in [-0.1, -0.05) is 12.1 Å². The van der Waals surface area contributed by atoms with Crippen LogP contribution in [-0.4, -0.2) is 28.5 Å². The van der Waals surface area contributed by atoms with E-state index in [2.05, 4.69) is 5.32 Å². The first-order chi connectivity index (χ1) is 9.72. The number of benzene rings is 1. The molecule has 1 amide bonds. The molecule has 1 aromatic carbocycles. The summed E-state index contributed by atoms with van der Waals surface area (Å²) in [5.41, 5.74) is -0.615. The van der Waals surface area contributed by atoms with Gasteiger partial charge in [-0.25, -0.2) is 0 Å². The first-order valence-electron chi connectivity index (χ1n) is 6.16. The summed E-state index contributed by atoms with van der Waals surface area (Å²) in [6.45, 7) is 2.99. The fourth-order valence-corrected chi connectivity index (χ4v) is 1.36. The average Bonchev–Trinajstić information content (AvgIpc) is 2.43. The van der Waals surface area contributed by atoms with Crippen molar-refractivity contribution in [1.82, 2.24) is 5.32 Å². The predicted octanol–water partition coefficient (Wildman–Crippen LogP) is 1.83. The summed E-state index contributed by atoms with van der Waals surface area (Å²) in [5.74, 6) is -1.47. The largest absolute Gasteiger partial charge is 0.481 e. The number of non-ortho nitro benzene ring substituents is 1. The van der Waals surface area contributed by atoms with E-state index in [0.717, 1.165) is 0 Å². The summed E-state index contributed by atoms with van der Waals surface area (Å²) in [5, 5.41) is 22.0. The van der Waals surface area contributed by atoms with Crippen molar-refractivity contribution in [2.45, 2.75) is 13.8 Å². The van der Waals surface area contributed by atoms with Crippen LogP contribution in [0.3, 0.4) is 0 Å². The van der Waals surface area contributed by atoms with Crippen molar-refractivity contribution in [3.05, 3.63) is 46.0 Å². The van der Waals surface area contributed by atoms with Gasteiger partial charge in [0.25, 0.3) is 5.69 Å². The fourth-order valence-electron chi connectivity index (χ4n) is 1.36. The van der Waals surface area contributed by atoms with Gasteiger partial charge in [0, 0.05) is 24.8 Å². The number of nitrogens with zero attached hydrogens (tertiary/aromatic N) is 1. The second-order valence-corrected chi connectivity index (χ2v) is 5.09. The molecule has 21 heavy (non-hydrogen) atoms. The molecule has 0 saturated heterocycles. The molecule has 0 aliphatic carbocycles. The number of nitro benzene ring substituents is 1. The summed E-state index contributed by atoms with van der Waals surface area (Å²) in [7, 11) is 0. The Balaban J connectivity index is 2.64. The zero-order chi connectivity index (χ0) is 16.0. The van der Waals surface area contributed by atoms with Crippen LogP contribution in [0.1, 0.15) is 19.4 Å². The molecule has 0 aliphatic heterocycles. The van der Waals surface area contributed by atoms with Crippen LogP contribution >= 0.6 is 0 Å². The van der Waals surface area contributed by atoms with Gasteiger partial charge in [-0.3, -0.25) is 19.7 Å². The molecular formula is C14H16N2O5. The molecule has 0 aromatic heterocycles. The summed E-state index contributed by atoms with van der Waals surface area (Å²) in [6.07, 6.45) is 2.63. The standard InChI is InChI=1S/C14H16N2O5/c1-14(2,13(18)19)9-15-12(17)7-6-10-4-3-5-11(8-10)16(20)21/h3-8H,9H2,1-2H3,(H,15,17)(H,18,19)/b7-6+. The number of nitrogens with one attached hydrogen (secondary N) is 1. The smallest absolute Gasteiger partial charge is 0.310 e. The quantitative estimate of drug-likeness (QED) is 0.472. The molecule has 0 aliphatic rings. The zero-order valence-corrected chi connectivity index (χ0v) is 11.7. The van der Waals surface area contributed by atoms with Gasteiger partial charge >= 0.3 is 5.97 Å². The lowest BCUT2D eigenvalue weighted by Crippen LogP contribution is -2.38. The molecule has 0 heterocycles. The number of hydrogen-bond donors (Lipinski definition) is 2. The fraction of sp³-hybridized carbons (Fsp3) is 0.286. The van der Waals surface area contributed by atoms with E-state index in [1.807, 2.05) is 0 Å². The van der Waals surface area contributed by atoms with Gasteiger partial charge in [0.15, 0.2) is 0 Å². The average molecular weight is 292 g/mol. The van der Waals surface area contributed by atoms with Gasteiger partial charge in [0.2, 0.25) is 5.91 Å². The van der Waals surface area contributed by atoms with Gasteiger partial charge in [0.1, 0.15) is 0 Å². The Morgan fingerprint density at radius 3 is 2.67 bits per heavy atom. The molecule has 0 atom stereocenters. The van der Waals surface area contributed by atoms with Crippen molar-refractivity contribution in [1.29, 1.82) is 0 Å². The highest BCUT2D eigenvalue weighted by atomic mass is 16.6. The third-order valence-corrected chi connectivity index (χ3v) is 2.79. The summed E-state index contributed by atoms with van der Waals surface area (Å²) < 4.78 is 0. The van der Waals surface area contributed by atoms with Gasteiger partial charge in [-0.15, -0.1) is 0 Å². The Hall–Kier alpha value is -2.70. The van der Waals surface area contributed by atoms with Crippen molar-refractivity contribution in [3.8, 4) is 0 Å². The Kier molecular flexibility index (Phi) is 5.18. The molecule has 0 saturated carbocycles. The third-order valence-electron chi connectivity index (χ3n) is 2.79. The molecule has 1 aromatic rings. The van der Waals surface area contributed by atoms with Crippen LogP contribution in [0.2, 0.25) is 0 Å². The minimum absolute atomic E-state index is 0.0134. The molecule has 0 spiro atoms. The van der Waals surface area contributed by atoms with Crippen LogP contribution in [0.4, 0.5) is 5.69 Å². The Morgan fingerprint density at radius 1 is 1.43 bits per heavy atom. The maximum absolute atomic E-state index is 11.6. The van der Waals surface area contributed by atoms with Crippen LogP contribution in [0, 0.1) is 15.5 Å². The molecule has 0 unspecified atom stereocenters. The summed E-state index contributed by atoms with van der Waals surface area (Å²) in [4.78, 5) is 32.6. The Bertz CT molecular complexity index is 593. The van der Waals surface area contributed by atoms with Crippen molar-refractivity contribution in [3.63, 3.8) is 0 Å². The van der Waals surface area contributed by atoms with Crippen LogP contribution in [0.5, 0.6) is 0 Å². The van der Waals surface area contributed by atoms with Crippen LogP contribution in [-0.2, 0) is 9.59 Å². The van der Waals surface area contributed by atoms with Crippen LogP contribution < -0.4 is 5.32 Å². The monoisotopic (exact) mass is 292 g/mol. The highest BCUT2D eigenvalue weighted by Crippen LogP contribution is 2.15. The SMILES string of the molecule is CC(C)(CNC(=O)/C=C/c1cccc([N+](=O)[O-])c1)C(=O)O. The Morgan fingerprint density at radius 2 is 2.10 bits per heavy atom. The van der Waals surface area contributed by atoms with Gasteiger partial charge in [-0.2, -0.15) is 0 Å². The third kappa shape index (κ3) is 5.06. The minimum atomic E-state index is -1.06. The van der Waals surface area contributed by atoms with E-state index in [1.165, 1.54) is 44.2 Å². The second-order valence-electron chi connectivity index (χ2n) is 5.09. The lowest BCUT2D eigenvalue weighted by Gasteiger charge is -2.18. The van der Waals surface area contributed by atoms with E-state index in [-0.39, 0.29) is 12.2 Å². The highest BCUT2D eigenvalue weighted by molar-refractivity contribution is 5.92. The lowest BCUT2D eigenvalue weighted by molar-refractivity contribution is -0.384. The van der Waals surface area contributed by atoms with Gasteiger partial charge in [0.05, 0.1) is 10.3 Å². The maximum Gasteiger partial charge on any atom is 0.310 e. The van der Waals surface area contributed by atoms with E-state index in [0.29, 0.717) is 5.56 Å². The molecule has 1 rings (SSSR count). The predicted molar refractivity (Wildman–Crippen MR) is 76.6 cm³/mol. The Labute approximate surface area is 121 Å². The number of carboxylic acid groups (broad SMARTS) is 1. The molecular weight excluding hydrogens is 276 g/mol.